The van der Waals surface area contributed by atoms with Gasteiger partial charge in [0.2, 0.25) is 0 Å². The number of rotatable bonds is 5. The van der Waals surface area contributed by atoms with Crippen LogP contribution < -0.4 is 0 Å². The van der Waals surface area contributed by atoms with Crippen LogP contribution >= 0.6 is 0 Å². The van der Waals surface area contributed by atoms with Crippen LogP contribution in [-0.2, 0) is 13.0 Å². The number of carboxylic acids is 1. The summed E-state index contributed by atoms with van der Waals surface area (Å²) in [6.07, 6.45) is 3.16. The van der Waals surface area contributed by atoms with E-state index in [0.29, 0.717) is 5.56 Å². The van der Waals surface area contributed by atoms with Crippen molar-refractivity contribution in [3.05, 3.63) is 35.0 Å². The minimum Gasteiger partial charge on any atom is -0.478 e. The molecule has 1 heterocycles. The molecule has 1 aromatic carbocycles. The molecule has 0 radical (unpaired) electrons. The van der Waals surface area contributed by atoms with Crippen LogP contribution in [0.3, 0.4) is 0 Å². The number of carboxylic acid groups (broad SMARTS) is 1. The quantitative estimate of drug-likeness (QED) is 0.881. The van der Waals surface area contributed by atoms with E-state index in [1.165, 1.54) is 11.3 Å². The molecule has 0 atom stereocenters. The Hall–Kier alpha value is -1.77. The lowest BCUT2D eigenvalue weighted by Crippen LogP contribution is -2.00. The number of benzene rings is 1. The van der Waals surface area contributed by atoms with Crippen LogP contribution in [0, 0.1) is 6.92 Å². The Balaban J connectivity index is 2.70. The molecule has 1 aromatic heterocycles. The van der Waals surface area contributed by atoms with E-state index in [0.717, 1.165) is 36.7 Å². The van der Waals surface area contributed by atoms with E-state index in [1.54, 1.807) is 6.07 Å². The number of hydrogen-bond acceptors (Lipinski definition) is 1. The first-order valence-corrected chi connectivity index (χ1v) is 6.95. The first kappa shape index (κ1) is 13.7. The van der Waals surface area contributed by atoms with Crippen molar-refractivity contribution in [2.45, 2.75) is 46.6 Å². The Morgan fingerprint density at radius 3 is 2.58 bits per heavy atom. The minimum atomic E-state index is -0.856. The van der Waals surface area contributed by atoms with Crippen LogP contribution in [0.4, 0.5) is 0 Å². The summed E-state index contributed by atoms with van der Waals surface area (Å²) < 4.78 is 2.31. The second-order valence-electron chi connectivity index (χ2n) is 5.00. The number of aromatic carboxylic acids is 1. The summed E-state index contributed by atoms with van der Waals surface area (Å²) in [5, 5.41) is 10.2. The fraction of sp³-hybridized carbons (Fsp3) is 0.438. The predicted molar refractivity (Wildman–Crippen MR) is 77.9 cm³/mol. The van der Waals surface area contributed by atoms with Gasteiger partial charge in [0.05, 0.1) is 5.56 Å². The van der Waals surface area contributed by atoms with Gasteiger partial charge in [-0.3, -0.25) is 0 Å². The SMILES string of the molecule is CCCc1c(C)n(CCC)c2ccc(C(=O)O)cc12. The molecule has 3 nitrogen and oxygen atoms in total. The molecule has 3 heteroatoms. The number of aromatic nitrogens is 1. The molecule has 0 fully saturated rings. The normalized spacial score (nSPS) is 11.1. The maximum Gasteiger partial charge on any atom is 0.335 e. The summed E-state index contributed by atoms with van der Waals surface area (Å²) in [7, 11) is 0. The Labute approximate surface area is 113 Å². The van der Waals surface area contributed by atoms with Crippen LogP contribution in [0.15, 0.2) is 18.2 Å². The molecule has 0 bridgehead atoms. The lowest BCUT2D eigenvalue weighted by molar-refractivity contribution is 0.0697. The molecule has 0 spiro atoms. The number of fused-ring (bicyclic) bond motifs is 1. The van der Waals surface area contributed by atoms with Gasteiger partial charge >= 0.3 is 5.97 Å². The third kappa shape index (κ3) is 2.37. The summed E-state index contributed by atoms with van der Waals surface area (Å²) >= 11 is 0. The van der Waals surface area contributed by atoms with Crippen molar-refractivity contribution in [1.82, 2.24) is 4.57 Å². The van der Waals surface area contributed by atoms with Gasteiger partial charge in [0.15, 0.2) is 0 Å². The molecular weight excluding hydrogens is 238 g/mol. The topological polar surface area (TPSA) is 42.2 Å². The molecule has 2 aromatic rings. The molecule has 0 unspecified atom stereocenters. The Kier molecular flexibility index (Phi) is 3.93. The van der Waals surface area contributed by atoms with Gasteiger partial charge in [-0.15, -0.1) is 0 Å². The maximum absolute atomic E-state index is 11.1. The number of nitrogens with zero attached hydrogens (tertiary/aromatic N) is 1. The third-order valence-electron chi connectivity index (χ3n) is 3.65. The Bertz CT molecular complexity index is 611. The summed E-state index contributed by atoms with van der Waals surface area (Å²) in [6.45, 7) is 7.44. The second kappa shape index (κ2) is 5.47. The van der Waals surface area contributed by atoms with Crippen molar-refractivity contribution in [2.75, 3.05) is 0 Å². The maximum atomic E-state index is 11.1. The van der Waals surface area contributed by atoms with E-state index in [2.05, 4.69) is 25.3 Å². The van der Waals surface area contributed by atoms with E-state index >= 15 is 0 Å². The fourth-order valence-corrected chi connectivity index (χ4v) is 2.76. The van der Waals surface area contributed by atoms with Gasteiger partial charge < -0.3 is 9.67 Å². The zero-order valence-corrected chi connectivity index (χ0v) is 11.9. The van der Waals surface area contributed by atoms with Crippen LogP contribution in [0.25, 0.3) is 10.9 Å². The molecule has 0 aliphatic rings. The van der Waals surface area contributed by atoms with Gasteiger partial charge in [0.1, 0.15) is 0 Å². The van der Waals surface area contributed by atoms with Crippen molar-refractivity contribution < 1.29 is 9.90 Å². The lowest BCUT2D eigenvalue weighted by Gasteiger charge is -2.06. The van der Waals surface area contributed by atoms with Crippen molar-refractivity contribution in [2.24, 2.45) is 0 Å². The Morgan fingerprint density at radius 1 is 1.26 bits per heavy atom. The van der Waals surface area contributed by atoms with Crippen molar-refractivity contribution in [3.63, 3.8) is 0 Å². The summed E-state index contributed by atoms with van der Waals surface area (Å²) in [4.78, 5) is 11.1. The zero-order chi connectivity index (χ0) is 14.0. The standard InChI is InChI=1S/C16H21NO2/c1-4-6-13-11(3)17(9-5-2)15-8-7-12(16(18)19)10-14(13)15/h7-8,10H,4-6,9H2,1-3H3,(H,18,19). The molecule has 0 aliphatic heterocycles. The van der Waals surface area contributed by atoms with Gasteiger partial charge in [-0.05, 0) is 43.5 Å². The first-order valence-electron chi connectivity index (χ1n) is 6.95. The molecule has 19 heavy (non-hydrogen) atoms. The van der Waals surface area contributed by atoms with Gasteiger partial charge in [0.25, 0.3) is 0 Å². The van der Waals surface area contributed by atoms with Gasteiger partial charge in [-0.1, -0.05) is 20.3 Å². The molecular formula is C16H21NO2. The summed E-state index contributed by atoms with van der Waals surface area (Å²) in [5.74, 6) is -0.856. The van der Waals surface area contributed by atoms with E-state index in [-0.39, 0.29) is 0 Å². The summed E-state index contributed by atoms with van der Waals surface area (Å²) in [6, 6.07) is 5.47. The molecule has 0 amide bonds. The summed E-state index contributed by atoms with van der Waals surface area (Å²) in [5.41, 5.74) is 4.11. The molecule has 0 aliphatic carbocycles. The molecule has 102 valence electrons. The van der Waals surface area contributed by atoms with Gasteiger partial charge in [-0.25, -0.2) is 4.79 Å². The first-order chi connectivity index (χ1) is 9.10. The van der Waals surface area contributed by atoms with Crippen molar-refractivity contribution in [1.29, 1.82) is 0 Å². The van der Waals surface area contributed by atoms with Crippen LogP contribution in [0.2, 0.25) is 0 Å². The van der Waals surface area contributed by atoms with E-state index in [9.17, 15) is 4.79 Å². The largest absolute Gasteiger partial charge is 0.478 e. The lowest BCUT2D eigenvalue weighted by atomic mass is 10.0. The highest BCUT2D eigenvalue weighted by Crippen LogP contribution is 2.28. The second-order valence-corrected chi connectivity index (χ2v) is 5.00. The van der Waals surface area contributed by atoms with Crippen LogP contribution in [-0.4, -0.2) is 15.6 Å². The van der Waals surface area contributed by atoms with Crippen LogP contribution in [0.5, 0.6) is 0 Å². The minimum absolute atomic E-state index is 0.374. The average molecular weight is 259 g/mol. The monoisotopic (exact) mass is 259 g/mol. The number of carbonyl (C=O) groups is 1. The van der Waals surface area contributed by atoms with Crippen molar-refractivity contribution >= 4 is 16.9 Å². The van der Waals surface area contributed by atoms with Crippen molar-refractivity contribution in [3.8, 4) is 0 Å². The predicted octanol–water partition coefficient (Wildman–Crippen LogP) is 4.01. The van der Waals surface area contributed by atoms with E-state index < -0.39 is 5.97 Å². The third-order valence-corrected chi connectivity index (χ3v) is 3.65. The number of hydrogen-bond donors (Lipinski definition) is 1. The van der Waals surface area contributed by atoms with E-state index in [4.69, 9.17) is 5.11 Å². The highest BCUT2D eigenvalue weighted by Gasteiger charge is 2.14. The highest BCUT2D eigenvalue weighted by atomic mass is 16.4. The van der Waals surface area contributed by atoms with Gasteiger partial charge in [-0.2, -0.15) is 0 Å². The fourth-order valence-electron chi connectivity index (χ4n) is 2.76. The van der Waals surface area contributed by atoms with Crippen LogP contribution in [0.1, 0.15) is 48.3 Å². The van der Waals surface area contributed by atoms with Gasteiger partial charge in [0, 0.05) is 23.1 Å². The smallest absolute Gasteiger partial charge is 0.335 e. The Morgan fingerprint density at radius 2 is 2.00 bits per heavy atom. The zero-order valence-electron chi connectivity index (χ0n) is 11.9. The highest BCUT2D eigenvalue weighted by molar-refractivity contribution is 5.95. The molecule has 1 N–H and O–H groups in total. The average Bonchev–Trinajstić information content (AvgIpc) is 2.64. The molecule has 2 rings (SSSR count). The van der Waals surface area contributed by atoms with E-state index in [1.807, 2.05) is 12.1 Å². The molecule has 0 saturated carbocycles. The number of aryl methyl sites for hydroxylation is 2. The molecule has 0 saturated heterocycles.